The van der Waals surface area contributed by atoms with E-state index in [0.29, 0.717) is 29.7 Å². The Morgan fingerprint density at radius 3 is 2.80 bits per heavy atom. The fraction of sp³-hybridized carbons (Fsp3) is 0.455. The molecular weight excluding hydrogens is 216 g/mol. The SMILES string of the molecule is CCc1c(CO)cc2c(c1Cl)OCCO2. The average molecular weight is 229 g/mol. The molecule has 4 heteroatoms. The maximum atomic E-state index is 9.22. The van der Waals surface area contributed by atoms with Gasteiger partial charge in [0.1, 0.15) is 13.2 Å². The lowest BCUT2D eigenvalue weighted by Crippen LogP contribution is -2.16. The standard InChI is InChI=1S/C11H13ClO3/c1-2-8-7(6-13)5-9-11(10(8)12)15-4-3-14-9/h5,13H,2-4,6H2,1H3. The van der Waals surface area contributed by atoms with E-state index >= 15 is 0 Å². The van der Waals surface area contributed by atoms with Gasteiger partial charge in [-0.15, -0.1) is 0 Å². The molecule has 0 amide bonds. The highest BCUT2D eigenvalue weighted by atomic mass is 35.5. The van der Waals surface area contributed by atoms with E-state index in [4.69, 9.17) is 21.1 Å². The Morgan fingerprint density at radius 1 is 1.40 bits per heavy atom. The number of aliphatic hydroxyl groups is 1. The zero-order valence-electron chi connectivity index (χ0n) is 8.55. The minimum Gasteiger partial charge on any atom is -0.486 e. The number of halogens is 1. The van der Waals surface area contributed by atoms with Crippen LogP contribution in [0.5, 0.6) is 11.5 Å². The third kappa shape index (κ3) is 1.77. The first-order valence-electron chi connectivity index (χ1n) is 4.98. The first-order valence-corrected chi connectivity index (χ1v) is 5.36. The molecule has 0 aliphatic carbocycles. The zero-order valence-corrected chi connectivity index (χ0v) is 9.30. The number of fused-ring (bicyclic) bond motifs is 1. The van der Waals surface area contributed by atoms with Gasteiger partial charge < -0.3 is 14.6 Å². The molecule has 0 atom stereocenters. The minimum absolute atomic E-state index is 0.0282. The van der Waals surface area contributed by atoms with Gasteiger partial charge in [-0.2, -0.15) is 0 Å². The van der Waals surface area contributed by atoms with Crippen molar-refractivity contribution in [1.82, 2.24) is 0 Å². The summed E-state index contributed by atoms with van der Waals surface area (Å²) in [5.41, 5.74) is 1.75. The molecule has 15 heavy (non-hydrogen) atoms. The van der Waals surface area contributed by atoms with Crippen molar-refractivity contribution in [3.05, 3.63) is 22.2 Å². The van der Waals surface area contributed by atoms with Crippen LogP contribution in [0, 0.1) is 0 Å². The van der Waals surface area contributed by atoms with Crippen LogP contribution < -0.4 is 9.47 Å². The molecule has 0 unspecified atom stereocenters. The fourth-order valence-corrected chi connectivity index (χ4v) is 2.16. The van der Waals surface area contributed by atoms with E-state index in [1.165, 1.54) is 0 Å². The summed E-state index contributed by atoms with van der Waals surface area (Å²) in [6, 6.07) is 1.80. The van der Waals surface area contributed by atoms with Crippen LogP contribution in [0.3, 0.4) is 0 Å². The largest absolute Gasteiger partial charge is 0.486 e. The van der Waals surface area contributed by atoms with Gasteiger partial charge >= 0.3 is 0 Å². The number of ether oxygens (including phenoxy) is 2. The van der Waals surface area contributed by atoms with Crippen molar-refractivity contribution < 1.29 is 14.6 Å². The van der Waals surface area contributed by atoms with E-state index in [-0.39, 0.29) is 6.61 Å². The van der Waals surface area contributed by atoms with Gasteiger partial charge in [0, 0.05) is 0 Å². The molecule has 1 N–H and O–H groups in total. The minimum atomic E-state index is -0.0282. The van der Waals surface area contributed by atoms with Crippen molar-refractivity contribution in [3.8, 4) is 11.5 Å². The second-order valence-corrected chi connectivity index (χ2v) is 3.74. The van der Waals surface area contributed by atoms with E-state index in [1.807, 2.05) is 6.92 Å². The lowest BCUT2D eigenvalue weighted by Gasteiger charge is -2.22. The molecule has 1 aliphatic rings. The molecule has 0 saturated heterocycles. The molecule has 0 aromatic heterocycles. The van der Waals surface area contributed by atoms with Gasteiger partial charge in [0.05, 0.1) is 11.6 Å². The van der Waals surface area contributed by atoms with Crippen molar-refractivity contribution in [2.24, 2.45) is 0 Å². The van der Waals surface area contributed by atoms with Crippen LogP contribution in [0.15, 0.2) is 6.07 Å². The number of hydrogen-bond acceptors (Lipinski definition) is 3. The normalized spacial score (nSPS) is 14.1. The highest BCUT2D eigenvalue weighted by Gasteiger charge is 2.20. The van der Waals surface area contributed by atoms with Crippen molar-refractivity contribution in [2.45, 2.75) is 20.0 Å². The van der Waals surface area contributed by atoms with Crippen LogP contribution in [0.25, 0.3) is 0 Å². The molecule has 1 aromatic carbocycles. The number of rotatable bonds is 2. The van der Waals surface area contributed by atoms with Crippen LogP contribution in [0.2, 0.25) is 5.02 Å². The van der Waals surface area contributed by atoms with Gasteiger partial charge in [0.2, 0.25) is 0 Å². The van der Waals surface area contributed by atoms with Crippen molar-refractivity contribution in [1.29, 1.82) is 0 Å². The number of benzene rings is 1. The number of aliphatic hydroxyl groups excluding tert-OH is 1. The van der Waals surface area contributed by atoms with Gasteiger partial charge in [-0.25, -0.2) is 0 Å². The van der Waals surface area contributed by atoms with E-state index in [0.717, 1.165) is 17.5 Å². The Morgan fingerprint density at radius 2 is 2.13 bits per heavy atom. The van der Waals surface area contributed by atoms with Crippen molar-refractivity contribution >= 4 is 11.6 Å². The van der Waals surface area contributed by atoms with Crippen LogP contribution in [-0.2, 0) is 13.0 Å². The Hall–Kier alpha value is -0.930. The van der Waals surface area contributed by atoms with E-state index in [9.17, 15) is 5.11 Å². The molecule has 0 fully saturated rings. The van der Waals surface area contributed by atoms with Crippen molar-refractivity contribution in [3.63, 3.8) is 0 Å². The van der Waals surface area contributed by atoms with Gasteiger partial charge in [-0.1, -0.05) is 18.5 Å². The monoisotopic (exact) mass is 228 g/mol. The van der Waals surface area contributed by atoms with Gasteiger partial charge in [-0.05, 0) is 23.6 Å². The van der Waals surface area contributed by atoms with Gasteiger partial charge in [0.25, 0.3) is 0 Å². The molecule has 1 aliphatic heterocycles. The Bertz CT molecular complexity index is 362. The molecule has 0 radical (unpaired) electrons. The summed E-state index contributed by atoms with van der Waals surface area (Å²) < 4.78 is 10.9. The molecule has 1 aromatic rings. The average Bonchev–Trinajstić information content (AvgIpc) is 2.29. The van der Waals surface area contributed by atoms with Gasteiger partial charge in [-0.3, -0.25) is 0 Å². The Balaban J connectivity index is 2.57. The Labute approximate surface area is 93.6 Å². The van der Waals surface area contributed by atoms with E-state index in [1.54, 1.807) is 6.07 Å². The maximum Gasteiger partial charge on any atom is 0.180 e. The van der Waals surface area contributed by atoms with Gasteiger partial charge in [0.15, 0.2) is 11.5 Å². The second kappa shape index (κ2) is 4.29. The van der Waals surface area contributed by atoms with E-state index in [2.05, 4.69) is 0 Å². The molecule has 0 bridgehead atoms. The van der Waals surface area contributed by atoms with Crippen LogP contribution >= 0.6 is 11.6 Å². The molecule has 3 nitrogen and oxygen atoms in total. The topological polar surface area (TPSA) is 38.7 Å². The molecule has 0 spiro atoms. The highest BCUT2D eigenvalue weighted by molar-refractivity contribution is 6.33. The molecule has 2 rings (SSSR count). The molecule has 1 heterocycles. The van der Waals surface area contributed by atoms with Crippen LogP contribution in [0.4, 0.5) is 0 Å². The first kappa shape index (κ1) is 10.6. The number of hydrogen-bond donors (Lipinski definition) is 1. The van der Waals surface area contributed by atoms with Crippen LogP contribution in [-0.4, -0.2) is 18.3 Å². The quantitative estimate of drug-likeness (QED) is 0.843. The summed E-state index contributed by atoms with van der Waals surface area (Å²) in [6.07, 6.45) is 0.769. The maximum absolute atomic E-state index is 9.22. The third-order valence-electron chi connectivity index (χ3n) is 2.49. The molecule has 82 valence electrons. The summed E-state index contributed by atoms with van der Waals surface area (Å²) in [7, 11) is 0. The summed E-state index contributed by atoms with van der Waals surface area (Å²) in [6.45, 7) is 3.02. The Kier molecular flexibility index (Phi) is 3.03. The summed E-state index contributed by atoms with van der Waals surface area (Å²) in [5.74, 6) is 1.24. The van der Waals surface area contributed by atoms with E-state index < -0.39 is 0 Å². The van der Waals surface area contributed by atoms with Crippen molar-refractivity contribution in [2.75, 3.05) is 13.2 Å². The second-order valence-electron chi connectivity index (χ2n) is 3.36. The lowest BCUT2D eigenvalue weighted by molar-refractivity contribution is 0.170. The molecular formula is C11H13ClO3. The summed E-state index contributed by atoms with van der Waals surface area (Å²) in [5, 5.41) is 9.79. The lowest BCUT2D eigenvalue weighted by atomic mass is 10.0. The first-order chi connectivity index (χ1) is 7.27. The predicted octanol–water partition coefficient (Wildman–Crippen LogP) is 2.17. The summed E-state index contributed by atoms with van der Waals surface area (Å²) in [4.78, 5) is 0. The zero-order chi connectivity index (χ0) is 10.8. The van der Waals surface area contributed by atoms with Crippen LogP contribution in [0.1, 0.15) is 18.1 Å². The highest BCUT2D eigenvalue weighted by Crippen LogP contribution is 2.41. The summed E-state index contributed by atoms with van der Waals surface area (Å²) >= 11 is 6.19. The molecule has 0 saturated carbocycles. The fourth-order valence-electron chi connectivity index (χ4n) is 1.76. The smallest absolute Gasteiger partial charge is 0.180 e. The predicted molar refractivity (Wildman–Crippen MR) is 57.7 cm³/mol. The third-order valence-corrected chi connectivity index (χ3v) is 2.89.